The molecule has 5 rings (SSSR count). The maximum Gasteiger partial charge on any atom is 0.254 e. The van der Waals surface area contributed by atoms with Crippen molar-refractivity contribution in [3.05, 3.63) is 23.8 Å². The van der Waals surface area contributed by atoms with Crippen molar-refractivity contribution in [3.8, 4) is 11.5 Å². The molecule has 3 fully saturated rings. The molecule has 180 valence electrons. The molecule has 1 atom stereocenters. The number of nitrogens with one attached hydrogen (secondary N) is 1. The molecule has 1 aromatic rings. The van der Waals surface area contributed by atoms with Gasteiger partial charge >= 0.3 is 0 Å². The van der Waals surface area contributed by atoms with Crippen LogP contribution in [-0.2, 0) is 9.53 Å². The van der Waals surface area contributed by atoms with Gasteiger partial charge in [0, 0.05) is 24.8 Å². The topological polar surface area (TPSA) is 77.1 Å². The summed E-state index contributed by atoms with van der Waals surface area (Å²) in [7, 11) is 0. The predicted molar refractivity (Wildman–Crippen MR) is 123 cm³/mol. The number of benzene rings is 1. The summed E-state index contributed by atoms with van der Waals surface area (Å²) >= 11 is 0. The van der Waals surface area contributed by atoms with E-state index >= 15 is 0 Å². The number of carbonyl (C=O) groups is 2. The van der Waals surface area contributed by atoms with Crippen LogP contribution in [0.15, 0.2) is 18.2 Å². The molecular formula is C26H36N2O5. The lowest BCUT2D eigenvalue weighted by Crippen LogP contribution is -2.64. The van der Waals surface area contributed by atoms with Gasteiger partial charge in [-0.2, -0.15) is 0 Å². The fourth-order valence-electron chi connectivity index (χ4n) is 5.95. The van der Waals surface area contributed by atoms with E-state index in [1.807, 2.05) is 4.90 Å². The number of carbonyl (C=O) groups excluding carboxylic acids is 2. The Bertz CT molecular complexity index is 854. The third kappa shape index (κ3) is 4.70. The van der Waals surface area contributed by atoms with Crippen LogP contribution in [0.5, 0.6) is 11.5 Å². The second kappa shape index (κ2) is 9.92. The standard InChI is InChI=1S/C26H36N2O5/c29-24(19-11-12-22-23(16-19)33-18-32-22)28(17-21-10-7-15-31-21)26(13-5-2-6-14-26)25(30)27-20-8-3-1-4-9-20/h11-12,16,20-21H,1-10,13-15,17-18H2,(H,27,30)/t21-/m0/s1. The minimum absolute atomic E-state index is 0.0238. The van der Waals surface area contributed by atoms with Crippen molar-refractivity contribution < 1.29 is 23.8 Å². The maximum absolute atomic E-state index is 14.0. The summed E-state index contributed by atoms with van der Waals surface area (Å²) in [5, 5.41) is 3.36. The lowest BCUT2D eigenvalue weighted by molar-refractivity contribution is -0.136. The molecule has 2 aliphatic carbocycles. The summed E-state index contributed by atoms with van der Waals surface area (Å²) in [4.78, 5) is 29.8. The van der Waals surface area contributed by atoms with Crippen molar-refractivity contribution in [2.45, 2.75) is 94.7 Å². The molecule has 2 saturated carbocycles. The quantitative estimate of drug-likeness (QED) is 0.695. The number of fused-ring (bicyclic) bond motifs is 1. The Balaban J connectivity index is 1.46. The molecule has 7 nitrogen and oxygen atoms in total. The van der Waals surface area contributed by atoms with Crippen LogP contribution in [0.25, 0.3) is 0 Å². The highest BCUT2D eigenvalue weighted by molar-refractivity contribution is 6.00. The average Bonchev–Trinajstić information content (AvgIpc) is 3.54. The molecule has 0 spiro atoms. The highest BCUT2D eigenvalue weighted by Crippen LogP contribution is 2.38. The zero-order chi connectivity index (χ0) is 22.7. The van der Waals surface area contributed by atoms with Crippen LogP contribution in [-0.4, -0.2) is 54.3 Å². The summed E-state index contributed by atoms with van der Waals surface area (Å²) in [5.41, 5.74) is -0.289. The van der Waals surface area contributed by atoms with E-state index in [2.05, 4.69) is 5.32 Å². The summed E-state index contributed by atoms with van der Waals surface area (Å²) in [6.07, 6.45) is 11.9. The van der Waals surface area contributed by atoms with E-state index in [4.69, 9.17) is 14.2 Å². The van der Waals surface area contributed by atoms with Gasteiger partial charge in [0.25, 0.3) is 5.91 Å². The maximum atomic E-state index is 14.0. The van der Waals surface area contributed by atoms with Crippen molar-refractivity contribution in [3.63, 3.8) is 0 Å². The molecule has 33 heavy (non-hydrogen) atoms. The number of amides is 2. The highest BCUT2D eigenvalue weighted by atomic mass is 16.7. The van der Waals surface area contributed by atoms with Crippen molar-refractivity contribution >= 4 is 11.8 Å². The van der Waals surface area contributed by atoms with E-state index < -0.39 is 5.54 Å². The number of hydrogen-bond acceptors (Lipinski definition) is 5. The van der Waals surface area contributed by atoms with Crippen LogP contribution < -0.4 is 14.8 Å². The minimum Gasteiger partial charge on any atom is -0.454 e. The van der Waals surface area contributed by atoms with Crippen LogP contribution in [0.1, 0.15) is 87.4 Å². The first-order chi connectivity index (χ1) is 16.2. The fraction of sp³-hybridized carbons (Fsp3) is 0.692. The number of rotatable bonds is 6. The van der Waals surface area contributed by atoms with E-state index in [0.29, 0.717) is 36.4 Å². The summed E-state index contributed by atoms with van der Waals surface area (Å²) in [6, 6.07) is 5.54. The van der Waals surface area contributed by atoms with Crippen molar-refractivity contribution in [2.24, 2.45) is 0 Å². The summed E-state index contributed by atoms with van der Waals surface area (Å²) < 4.78 is 16.9. The second-order valence-corrected chi connectivity index (χ2v) is 10.0. The highest BCUT2D eigenvalue weighted by Gasteiger charge is 2.48. The SMILES string of the molecule is O=C(c1ccc2c(c1)OCO2)N(C[C@@H]1CCCO1)C1(C(=O)NC2CCCCC2)CCCCC1. The molecular weight excluding hydrogens is 420 g/mol. The first-order valence-corrected chi connectivity index (χ1v) is 12.8. The average molecular weight is 457 g/mol. The van der Waals surface area contributed by atoms with Gasteiger partial charge in [0.1, 0.15) is 5.54 Å². The Kier molecular flexibility index (Phi) is 6.76. The molecule has 7 heteroatoms. The van der Waals surface area contributed by atoms with Gasteiger partial charge in [-0.15, -0.1) is 0 Å². The third-order valence-corrected chi connectivity index (χ3v) is 7.84. The van der Waals surface area contributed by atoms with Crippen LogP contribution in [0.4, 0.5) is 0 Å². The van der Waals surface area contributed by atoms with Crippen LogP contribution in [0.2, 0.25) is 0 Å². The zero-order valence-electron chi connectivity index (χ0n) is 19.5. The Morgan fingerprint density at radius 2 is 1.70 bits per heavy atom. The molecule has 0 bridgehead atoms. The molecule has 2 heterocycles. The van der Waals surface area contributed by atoms with E-state index in [9.17, 15) is 9.59 Å². The van der Waals surface area contributed by atoms with Gasteiger partial charge in [-0.1, -0.05) is 38.5 Å². The van der Waals surface area contributed by atoms with Gasteiger partial charge in [-0.3, -0.25) is 9.59 Å². The predicted octanol–water partition coefficient (Wildman–Crippen LogP) is 4.19. The normalized spacial score (nSPS) is 24.4. The molecule has 1 saturated heterocycles. The van der Waals surface area contributed by atoms with Crippen LogP contribution >= 0.6 is 0 Å². The molecule has 1 aromatic carbocycles. The van der Waals surface area contributed by atoms with Gasteiger partial charge in [0.15, 0.2) is 11.5 Å². The molecule has 2 aliphatic heterocycles. The lowest BCUT2D eigenvalue weighted by Gasteiger charge is -2.46. The van der Waals surface area contributed by atoms with Gasteiger partial charge in [0.2, 0.25) is 12.7 Å². The molecule has 0 radical (unpaired) electrons. The van der Waals surface area contributed by atoms with E-state index in [1.165, 1.54) is 6.42 Å². The zero-order valence-corrected chi connectivity index (χ0v) is 19.5. The Morgan fingerprint density at radius 3 is 2.45 bits per heavy atom. The van der Waals surface area contributed by atoms with Crippen LogP contribution in [0.3, 0.4) is 0 Å². The molecule has 0 aromatic heterocycles. The van der Waals surface area contributed by atoms with Gasteiger partial charge in [-0.05, 0) is 56.7 Å². The van der Waals surface area contributed by atoms with E-state index in [-0.39, 0.29) is 30.8 Å². The number of ether oxygens (including phenoxy) is 3. The summed E-state index contributed by atoms with van der Waals surface area (Å²) in [5.74, 6) is 1.15. The van der Waals surface area contributed by atoms with Gasteiger partial charge in [0.05, 0.1) is 6.10 Å². The lowest BCUT2D eigenvalue weighted by atomic mass is 9.78. The number of hydrogen-bond donors (Lipinski definition) is 1. The largest absolute Gasteiger partial charge is 0.454 e. The first kappa shape index (κ1) is 22.5. The molecule has 4 aliphatic rings. The Labute approximate surface area is 196 Å². The van der Waals surface area contributed by atoms with Gasteiger partial charge in [-0.25, -0.2) is 0 Å². The molecule has 2 amide bonds. The van der Waals surface area contributed by atoms with Crippen molar-refractivity contribution in [1.82, 2.24) is 10.2 Å². The van der Waals surface area contributed by atoms with E-state index in [1.54, 1.807) is 18.2 Å². The minimum atomic E-state index is -0.824. The smallest absolute Gasteiger partial charge is 0.254 e. The van der Waals surface area contributed by atoms with Crippen molar-refractivity contribution in [1.29, 1.82) is 0 Å². The third-order valence-electron chi connectivity index (χ3n) is 7.84. The fourth-order valence-corrected chi connectivity index (χ4v) is 5.95. The molecule has 1 N–H and O–H groups in total. The first-order valence-electron chi connectivity index (χ1n) is 12.8. The molecule has 0 unspecified atom stereocenters. The Hall–Kier alpha value is -2.28. The van der Waals surface area contributed by atoms with Crippen LogP contribution in [0, 0.1) is 0 Å². The van der Waals surface area contributed by atoms with Crippen molar-refractivity contribution in [2.75, 3.05) is 19.9 Å². The Morgan fingerprint density at radius 1 is 0.939 bits per heavy atom. The van der Waals surface area contributed by atoms with E-state index in [0.717, 1.165) is 64.4 Å². The monoisotopic (exact) mass is 456 g/mol. The number of nitrogens with zero attached hydrogens (tertiary/aromatic N) is 1. The van der Waals surface area contributed by atoms with Gasteiger partial charge < -0.3 is 24.4 Å². The second-order valence-electron chi connectivity index (χ2n) is 10.0. The summed E-state index contributed by atoms with van der Waals surface area (Å²) in [6.45, 7) is 1.34.